The van der Waals surface area contributed by atoms with Gasteiger partial charge in [-0.05, 0) is 37.1 Å². The SMILES string of the molecule is Cc1cccc(N2CCN(C(=O)CN3C(=O)NC(C)(c4ccccc4)C3=O)CC2)c1. The smallest absolute Gasteiger partial charge is 0.325 e. The number of aryl methyl sites for hydroxylation is 1. The number of benzene rings is 2. The monoisotopic (exact) mass is 406 g/mol. The third-order valence-corrected chi connectivity index (χ3v) is 5.92. The van der Waals surface area contributed by atoms with Crippen LogP contribution in [-0.4, -0.2) is 60.4 Å². The number of nitrogens with zero attached hydrogens (tertiary/aromatic N) is 3. The molecule has 0 saturated carbocycles. The van der Waals surface area contributed by atoms with E-state index < -0.39 is 17.5 Å². The van der Waals surface area contributed by atoms with E-state index in [4.69, 9.17) is 0 Å². The van der Waals surface area contributed by atoms with Gasteiger partial charge in [0.25, 0.3) is 5.91 Å². The topological polar surface area (TPSA) is 73.0 Å². The van der Waals surface area contributed by atoms with E-state index in [1.54, 1.807) is 24.0 Å². The Morgan fingerprint density at radius 2 is 1.70 bits per heavy atom. The second kappa shape index (κ2) is 7.82. The summed E-state index contributed by atoms with van der Waals surface area (Å²) in [6.45, 7) is 6.06. The van der Waals surface area contributed by atoms with Gasteiger partial charge in [0, 0.05) is 31.9 Å². The van der Waals surface area contributed by atoms with Gasteiger partial charge in [0.15, 0.2) is 0 Å². The number of hydrogen-bond donors (Lipinski definition) is 1. The van der Waals surface area contributed by atoms with E-state index in [2.05, 4.69) is 35.3 Å². The first-order chi connectivity index (χ1) is 14.4. The lowest BCUT2D eigenvalue weighted by molar-refractivity contribution is -0.139. The molecule has 2 aliphatic heterocycles. The van der Waals surface area contributed by atoms with Crippen molar-refractivity contribution in [1.29, 1.82) is 0 Å². The van der Waals surface area contributed by atoms with Crippen LogP contribution < -0.4 is 10.2 Å². The molecule has 2 heterocycles. The third-order valence-electron chi connectivity index (χ3n) is 5.92. The predicted molar refractivity (Wildman–Crippen MR) is 114 cm³/mol. The van der Waals surface area contributed by atoms with Crippen molar-refractivity contribution in [3.05, 3.63) is 65.7 Å². The van der Waals surface area contributed by atoms with E-state index in [-0.39, 0.29) is 12.5 Å². The van der Waals surface area contributed by atoms with Crippen LogP contribution in [0, 0.1) is 6.92 Å². The molecule has 4 rings (SSSR count). The summed E-state index contributed by atoms with van der Waals surface area (Å²) in [4.78, 5) is 43.3. The zero-order valence-electron chi connectivity index (χ0n) is 17.3. The lowest BCUT2D eigenvalue weighted by Crippen LogP contribution is -2.52. The van der Waals surface area contributed by atoms with Crippen LogP contribution in [0.25, 0.3) is 0 Å². The fraction of sp³-hybridized carbons (Fsp3) is 0.348. The molecule has 0 spiro atoms. The lowest BCUT2D eigenvalue weighted by Gasteiger charge is -2.36. The maximum Gasteiger partial charge on any atom is 0.325 e. The van der Waals surface area contributed by atoms with E-state index in [1.807, 2.05) is 24.3 Å². The van der Waals surface area contributed by atoms with Gasteiger partial charge in [0.2, 0.25) is 5.91 Å². The normalized spacial score (nSPS) is 21.7. The van der Waals surface area contributed by atoms with Crippen molar-refractivity contribution in [3.63, 3.8) is 0 Å². The molecule has 1 unspecified atom stereocenters. The molecule has 2 saturated heterocycles. The molecule has 0 aromatic heterocycles. The van der Waals surface area contributed by atoms with Crippen molar-refractivity contribution >= 4 is 23.5 Å². The number of anilines is 1. The molecule has 0 radical (unpaired) electrons. The summed E-state index contributed by atoms with van der Waals surface area (Å²) < 4.78 is 0. The average Bonchev–Trinajstić information content (AvgIpc) is 2.98. The number of imide groups is 1. The first-order valence-corrected chi connectivity index (χ1v) is 10.2. The quantitative estimate of drug-likeness (QED) is 0.790. The van der Waals surface area contributed by atoms with E-state index in [9.17, 15) is 14.4 Å². The highest BCUT2D eigenvalue weighted by Crippen LogP contribution is 2.28. The standard InChI is InChI=1S/C23H26N4O3/c1-17-7-6-10-19(15-17)25-11-13-26(14-12-25)20(28)16-27-21(29)23(2,24-22(27)30)18-8-4-3-5-9-18/h3-10,15H,11-14,16H2,1-2H3,(H,24,30). The molecule has 1 atom stereocenters. The van der Waals surface area contributed by atoms with Crippen molar-refractivity contribution in [1.82, 2.24) is 15.1 Å². The fourth-order valence-corrected chi connectivity index (χ4v) is 4.08. The van der Waals surface area contributed by atoms with E-state index in [0.29, 0.717) is 18.7 Å². The summed E-state index contributed by atoms with van der Waals surface area (Å²) in [7, 11) is 0. The van der Waals surface area contributed by atoms with Gasteiger partial charge in [-0.1, -0.05) is 42.5 Å². The van der Waals surface area contributed by atoms with Crippen molar-refractivity contribution in [2.45, 2.75) is 19.4 Å². The van der Waals surface area contributed by atoms with Gasteiger partial charge in [-0.25, -0.2) is 4.79 Å². The number of amides is 4. The summed E-state index contributed by atoms with van der Waals surface area (Å²) in [5.41, 5.74) is 1.90. The second-order valence-corrected chi connectivity index (χ2v) is 8.02. The predicted octanol–water partition coefficient (Wildman–Crippen LogP) is 2.11. The Morgan fingerprint density at radius 1 is 1.00 bits per heavy atom. The van der Waals surface area contributed by atoms with Crippen molar-refractivity contribution in [3.8, 4) is 0 Å². The van der Waals surface area contributed by atoms with Crippen molar-refractivity contribution in [2.75, 3.05) is 37.6 Å². The molecule has 30 heavy (non-hydrogen) atoms. The largest absolute Gasteiger partial charge is 0.368 e. The summed E-state index contributed by atoms with van der Waals surface area (Å²) in [6.07, 6.45) is 0. The molecule has 2 aromatic carbocycles. The van der Waals surface area contributed by atoms with E-state index in [0.717, 1.165) is 23.7 Å². The summed E-state index contributed by atoms with van der Waals surface area (Å²) >= 11 is 0. The molecule has 2 fully saturated rings. The van der Waals surface area contributed by atoms with Crippen LogP contribution in [0.4, 0.5) is 10.5 Å². The Hall–Kier alpha value is -3.35. The zero-order chi connectivity index (χ0) is 21.3. The van der Waals surface area contributed by atoms with Gasteiger partial charge in [0.1, 0.15) is 12.1 Å². The molecule has 7 nitrogen and oxygen atoms in total. The van der Waals surface area contributed by atoms with Gasteiger partial charge in [-0.2, -0.15) is 0 Å². The maximum atomic E-state index is 13.0. The average molecular weight is 406 g/mol. The van der Waals surface area contributed by atoms with Gasteiger partial charge in [-0.15, -0.1) is 0 Å². The second-order valence-electron chi connectivity index (χ2n) is 8.02. The number of carbonyl (C=O) groups excluding carboxylic acids is 3. The number of urea groups is 1. The fourth-order valence-electron chi connectivity index (χ4n) is 4.08. The summed E-state index contributed by atoms with van der Waals surface area (Å²) in [6, 6.07) is 16.9. The minimum atomic E-state index is -1.15. The minimum absolute atomic E-state index is 0.209. The van der Waals surface area contributed by atoms with E-state index >= 15 is 0 Å². The lowest BCUT2D eigenvalue weighted by atomic mass is 9.92. The Kier molecular flexibility index (Phi) is 5.20. The number of carbonyl (C=O) groups is 3. The van der Waals surface area contributed by atoms with Gasteiger partial charge in [0.05, 0.1) is 0 Å². The Bertz CT molecular complexity index is 969. The van der Waals surface area contributed by atoms with Crippen LogP contribution in [0.15, 0.2) is 54.6 Å². The molecular weight excluding hydrogens is 380 g/mol. The highest BCUT2D eigenvalue weighted by atomic mass is 16.2. The molecular formula is C23H26N4O3. The minimum Gasteiger partial charge on any atom is -0.368 e. The van der Waals surface area contributed by atoms with Gasteiger partial charge in [-0.3, -0.25) is 14.5 Å². The Morgan fingerprint density at radius 3 is 2.37 bits per heavy atom. The zero-order valence-corrected chi connectivity index (χ0v) is 17.3. The Labute approximate surface area is 176 Å². The van der Waals surface area contributed by atoms with Crippen molar-refractivity contribution in [2.24, 2.45) is 0 Å². The van der Waals surface area contributed by atoms with E-state index in [1.165, 1.54) is 5.56 Å². The van der Waals surface area contributed by atoms with Gasteiger partial charge < -0.3 is 15.1 Å². The van der Waals surface area contributed by atoms with Crippen LogP contribution in [0.1, 0.15) is 18.1 Å². The number of nitrogens with one attached hydrogen (secondary N) is 1. The van der Waals surface area contributed by atoms with Crippen LogP contribution in [-0.2, 0) is 15.1 Å². The molecule has 4 amide bonds. The highest BCUT2D eigenvalue weighted by molar-refractivity contribution is 6.09. The number of hydrogen-bond acceptors (Lipinski definition) is 4. The van der Waals surface area contributed by atoms with Crippen LogP contribution in [0.3, 0.4) is 0 Å². The Balaban J connectivity index is 1.39. The van der Waals surface area contributed by atoms with Crippen LogP contribution in [0.5, 0.6) is 0 Å². The first kappa shape index (κ1) is 19.9. The molecule has 7 heteroatoms. The van der Waals surface area contributed by atoms with Crippen LogP contribution in [0.2, 0.25) is 0 Å². The number of rotatable bonds is 4. The highest BCUT2D eigenvalue weighted by Gasteiger charge is 2.49. The van der Waals surface area contributed by atoms with Crippen LogP contribution >= 0.6 is 0 Å². The number of piperazine rings is 1. The molecule has 156 valence electrons. The summed E-state index contributed by atoms with van der Waals surface area (Å²) in [5.74, 6) is -0.606. The molecule has 1 N–H and O–H groups in total. The molecule has 0 aliphatic carbocycles. The molecule has 2 aliphatic rings. The van der Waals surface area contributed by atoms with Crippen molar-refractivity contribution < 1.29 is 14.4 Å². The first-order valence-electron chi connectivity index (χ1n) is 10.2. The maximum absolute atomic E-state index is 13.0. The third kappa shape index (κ3) is 3.63. The molecule has 0 bridgehead atoms. The molecule has 2 aromatic rings. The van der Waals surface area contributed by atoms with Gasteiger partial charge >= 0.3 is 6.03 Å². The summed E-state index contributed by atoms with van der Waals surface area (Å²) in [5, 5.41) is 2.75.